The topological polar surface area (TPSA) is 40.2 Å². The third-order valence-electron chi connectivity index (χ3n) is 3.12. The summed E-state index contributed by atoms with van der Waals surface area (Å²) in [4.78, 5) is 0. The van der Waals surface area contributed by atoms with Crippen LogP contribution in [0.25, 0.3) is 10.9 Å². The van der Waals surface area contributed by atoms with E-state index in [1.54, 1.807) is 0 Å². The van der Waals surface area contributed by atoms with Crippen LogP contribution in [-0.4, -0.2) is 23.8 Å². The lowest BCUT2D eigenvalue weighted by Crippen LogP contribution is -2.09. The molecule has 0 aliphatic rings. The Hall–Kier alpha value is -1.03. The number of halogens is 1. The molecule has 1 heterocycles. The molecule has 1 aromatic heterocycles. The van der Waals surface area contributed by atoms with Crippen molar-refractivity contribution in [2.45, 2.75) is 32.9 Å². The molecule has 2 N–H and O–H groups in total. The van der Waals surface area contributed by atoms with Gasteiger partial charge in [-0.2, -0.15) is 0 Å². The highest BCUT2D eigenvalue weighted by Crippen LogP contribution is 2.25. The number of hydrogen-bond acceptors (Lipinski definition) is 2. The Balaban J connectivity index is 2.28. The zero-order chi connectivity index (χ0) is 13.8. The molecule has 0 saturated heterocycles. The van der Waals surface area contributed by atoms with Gasteiger partial charge in [-0.1, -0.05) is 17.7 Å². The summed E-state index contributed by atoms with van der Waals surface area (Å²) >= 11 is 6.09. The van der Waals surface area contributed by atoms with Crippen molar-refractivity contribution in [2.75, 3.05) is 13.2 Å². The van der Waals surface area contributed by atoms with E-state index < -0.39 is 0 Å². The van der Waals surface area contributed by atoms with Crippen molar-refractivity contribution in [2.24, 2.45) is 5.73 Å². The number of rotatable bonds is 6. The molecule has 19 heavy (non-hydrogen) atoms. The molecule has 3 nitrogen and oxygen atoms in total. The molecule has 1 aromatic carbocycles. The number of nitrogens with two attached hydrogens (primary N) is 1. The summed E-state index contributed by atoms with van der Waals surface area (Å²) in [6.07, 6.45) is 3.31. The Bertz CT molecular complexity index is 548. The fraction of sp³-hybridized carbons (Fsp3) is 0.467. The predicted molar refractivity (Wildman–Crippen MR) is 80.8 cm³/mol. The van der Waals surface area contributed by atoms with Gasteiger partial charge in [-0.15, -0.1) is 0 Å². The van der Waals surface area contributed by atoms with Crippen LogP contribution in [0.3, 0.4) is 0 Å². The molecule has 0 spiro atoms. The minimum atomic E-state index is 0.258. The van der Waals surface area contributed by atoms with Gasteiger partial charge in [-0.25, -0.2) is 0 Å². The van der Waals surface area contributed by atoms with Crippen molar-refractivity contribution in [3.8, 4) is 0 Å². The van der Waals surface area contributed by atoms with E-state index in [4.69, 9.17) is 22.1 Å². The molecule has 0 aliphatic carbocycles. The Morgan fingerprint density at radius 3 is 2.84 bits per heavy atom. The highest BCUT2D eigenvalue weighted by molar-refractivity contribution is 6.31. The summed E-state index contributed by atoms with van der Waals surface area (Å²) in [6.45, 7) is 6.29. The Morgan fingerprint density at radius 2 is 2.16 bits per heavy atom. The molecule has 0 fully saturated rings. The van der Waals surface area contributed by atoms with Crippen LogP contribution < -0.4 is 5.73 Å². The summed E-state index contributed by atoms with van der Waals surface area (Å²) in [6, 6.07) is 6.01. The van der Waals surface area contributed by atoms with Gasteiger partial charge >= 0.3 is 0 Å². The first-order chi connectivity index (χ1) is 9.11. The molecule has 0 unspecified atom stereocenters. The molecule has 4 heteroatoms. The fourth-order valence-corrected chi connectivity index (χ4v) is 2.43. The minimum absolute atomic E-state index is 0.258. The second-order valence-electron chi connectivity index (χ2n) is 4.97. The van der Waals surface area contributed by atoms with Crippen LogP contribution >= 0.6 is 11.6 Å². The van der Waals surface area contributed by atoms with Crippen LogP contribution in [0.2, 0.25) is 5.02 Å². The van der Waals surface area contributed by atoms with Crippen LogP contribution in [0, 0.1) is 0 Å². The summed E-state index contributed by atoms with van der Waals surface area (Å²) in [7, 11) is 0. The fourth-order valence-electron chi connectivity index (χ4n) is 2.27. The Kier molecular flexibility index (Phi) is 4.86. The van der Waals surface area contributed by atoms with Gasteiger partial charge in [0.25, 0.3) is 0 Å². The number of ether oxygens (including phenoxy) is 1. The Labute approximate surface area is 119 Å². The van der Waals surface area contributed by atoms with Crippen molar-refractivity contribution in [1.82, 2.24) is 4.57 Å². The number of benzene rings is 1. The quantitative estimate of drug-likeness (QED) is 0.882. The second kappa shape index (κ2) is 6.42. The van der Waals surface area contributed by atoms with Crippen molar-refractivity contribution >= 4 is 22.5 Å². The molecule has 0 radical (unpaired) electrons. The smallest absolute Gasteiger partial charge is 0.0649 e. The first kappa shape index (κ1) is 14.4. The van der Waals surface area contributed by atoms with E-state index in [0.29, 0.717) is 13.2 Å². The van der Waals surface area contributed by atoms with Gasteiger partial charge in [-0.05, 0) is 44.5 Å². The highest BCUT2D eigenvalue weighted by atomic mass is 35.5. The monoisotopic (exact) mass is 280 g/mol. The summed E-state index contributed by atoms with van der Waals surface area (Å²) in [5.41, 5.74) is 8.10. The average Bonchev–Trinajstić information content (AvgIpc) is 2.67. The van der Waals surface area contributed by atoms with Crippen LogP contribution in [0.1, 0.15) is 19.4 Å². The summed E-state index contributed by atoms with van der Waals surface area (Å²) in [5.74, 6) is 0. The van der Waals surface area contributed by atoms with E-state index in [2.05, 4.69) is 16.8 Å². The van der Waals surface area contributed by atoms with Gasteiger partial charge in [0.15, 0.2) is 0 Å². The van der Waals surface area contributed by atoms with Crippen molar-refractivity contribution < 1.29 is 4.74 Å². The van der Waals surface area contributed by atoms with E-state index in [1.807, 2.05) is 26.0 Å². The predicted octanol–water partition coefficient (Wildman–Crippen LogP) is 3.22. The van der Waals surface area contributed by atoms with Gasteiger partial charge in [0.2, 0.25) is 0 Å². The largest absolute Gasteiger partial charge is 0.377 e. The molecule has 0 amide bonds. The summed E-state index contributed by atoms with van der Waals surface area (Å²) in [5, 5.41) is 2.00. The van der Waals surface area contributed by atoms with Gasteiger partial charge < -0.3 is 15.0 Å². The highest BCUT2D eigenvalue weighted by Gasteiger charge is 2.08. The van der Waals surface area contributed by atoms with Crippen LogP contribution in [0.5, 0.6) is 0 Å². The molecule has 0 atom stereocenters. The van der Waals surface area contributed by atoms with E-state index in [9.17, 15) is 0 Å². The SMILES string of the molecule is CC(C)OCCn1cc(CCN)c2ccc(Cl)cc21. The lowest BCUT2D eigenvalue weighted by Gasteiger charge is -2.09. The van der Waals surface area contributed by atoms with E-state index in [1.165, 1.54) is 10.9 Å². The molecule has 2 aromatic rings. The molecule has 2 rings (SSSR count). The number of fused-ring (bicyclic) bond motifs is 1. The zero-order valence-corrected chi connectivity index (χ0v) is 12.3. The lowest BCUT2D eigenvalue weighted by molar-refractivity contribution is 0.0733. The van der Waals surface area contributed by atoms with Crippen LogP contribution in [0.4, 0.5) is 0 Å². The minimum Gasteiger partial charge on any atom is -0.377 e. The maximum Gasteiger partial charge on any atom is 0.0649 e. The van der Waals surface area contributed by atoms with Gasteiger partial charge in [-0.3, -0.25) is 0 Å². The Morgan fingerprint density at radius 1 is 1.37 bits per heavy atom. The first-order valence-electron chi connectivity index (χ1n) is 6.70. The number of aromatic nitrogens is 1. The lowest BCUT2D eigenvalue weighted by atomic mass is 10.1. The molecule has 0 aliphatic heterocycles. The number of nitrogens with zero attached hydrogens (tertiary/aromatic N) is 1. The molecular weight excluding hydrogens is 260 g/mol. The van der Waals surface area contributed by atoms with Crippen molar-refractivity contribution in [3.05, 3.63) is 35.0 Å². The first-order valence-corrected chi connectivity index (χ1v) is 7.08. The van der Waals surface area contributed by atoms with Crippen molar-refractivity contribution in [3.63, 3.8) is 0 Å². The zero-order valence-electron chi connectivity index (χ0n) is 11.5. The second-order valence-corrected chi connectivity index (χ2v) is 5.40. The van der Waals surface area contributed by atoms with Gasteiger partial charge in [0.1, 0.15) is 0 Å². The molecular formula is C15H21ClN2O. The summed E-state index contributed by atoms with van der Waals surface area (Å²) < 4.78 is 7.82. The maximum atomic E-state index is 6.09. The number of hydrogen-bond donors (Lipinski definition) is 1. The molecule has 0 bridgehead atoms. The van der Waals surface area contributed by atoms with E-state index in [0.717, 1.165) is 23.5 Å². The van der Waals surface area contributed by atoms with Gasteiger partial charge in [0.05, 0.1) is 12.7 Å². The van der Waals surface area contributed by atoms with Gasteiger partial charge in [0, 0.05) is 28.7 Å². The normalized spacial score (nSPS) is 11.6. The molecule has 104 valence electrons. The van der Waals surface area contributed by atoms with E-state index in [-0.39, 0.29) is 6.10 Å². The van der Waals surface area contributed by atoms with Crippen LogP contribution in [0.15, 0.2) is 24.4 Å². The molecule has 0 saturated carbocycles. The standard InChI is InChI=1S/C15H21ClN2O/c1-11(2)19-8-7-18-10-12(5-6-17)14-4-3-13(16)9-15(14)18/h3-4,9-11H,5-8,17H2,1-2H3. The maximum absolute atomic E-state index is 6.09. The third-order valence-corrected chi connectivity index (χ3v) is 3.36. The van der Waals surface area contributed by atoms with Crippen LogP contribution in [-0.2, 0) is 17.7 Å². The van der Waals surface area contributed by atoms with E-state index >= 15 is 0 Å². The van der Waals surface area contributed by atoms with Crippen molar-refractivity contribution in [1.29, 1.82) is 0 Å². The third kappa shape index (κ3) is 3.50. The average molecular weight is 281 g/mol.